The minimum Gasteiger partial charge on any atom is -0.383 e. The van der Waals surface area contributed by atoms with Crippen molar-refractivity contribution in [1.29, 1.82) is 0 Å². The number of methoxy groups -OCH3 is 1. The van der Waals surface area contributed by atoms with Crippen LogP contribution in [0.1, 0.15) is 37.9 Å². The summed E-state index contributed by atoms with van der Waals surface area (Å²) in [6.45, 7) is 6.78. The van der Waals surface area contributed by atoms with Gasteiger partial charge in [-0.1, -0.05) is 19.0 Å². The van der Waals surface area contributed by atoms with Crippen LogP contribution in [0, 0.1) is 0 Å². The number of aryl methyl sites for hydroxylation is 1. The van der Waals surface area contributed by atoms with Crippen LogP contribution in [0.4, 0.5) is 0 Å². The Kier molecular flexibility index (Phi) is 10.8. The number of nitrogens with zero attached hydrogens (tertiary/aromatic N) is 2. The lowest BCUT2D eigenvalue weighted by Gasteiger charge is -2.05. The summed E-state index contributed by atoms with van der Waals surface area (Å²) in [5.74, 6) is 1.42. The minimum absolute atomic E-state index is 0. The predicted molar refractivity (Wildman–Crippen MR) is 81.7 cm³/mol. The van der Waals surface area contributed by atoms with Gasteiger partial charge in [0, 0.05) is 45.5 Å². The molecule has 0 fully saturated rings. The van der Waals surface area contributed by atoms with Crippen molar-refractivity contribution in [2.45, 2.75) is 32.6 Å². The summed E-state index contributed by atoms with van der Waals surface area (Å²) in [6.07, 6.45) is 0.834. The highest BCUT2D eigenvalue weighted by molar-refractivity contribution is 5.85. The maximum atomic E-state index is 11.6. The average molecular weight is 321 g/mol. The van der Waals surface area contributed by atoms with Crippen LogP contribution >= 0.6 is 12.4 Å². The van der Waals surface area contributed by atoms with E-state index in [0.29, 0.717) is 37.7 Å². The van der Waals surface area contributed by atoms with Crippen molar-refractivity contribution in [3.8, 4) is 0 Å². The van der Waals surface area contributed by atoms with Gasteiger partial charge in [-0.05, 0) is 0 Å². The van der Waals surface area contributed by atoms with Crippen molar-refractivity contribution in [2.24, 2.45) is 0 Å². The quantitative estimate of drug-likeness (QED) is 0.623. The average Bonchev–Trinajstić information content (AvgIpc) is 2.89. The first-order chi connectivity index (χ1) is 9.63. The molecule has 0 saturated carbocycles. The van der Waals surface area contributed by atoms with Crippen LogP contribution in [0.5, 0.6) is 0 Å². The Bertz CT molecular complexity index is 399. The van der Waals surface area contributed by atoms with Gasteiger partial charge in [0.2, 0.25) is 11.8 Å². The summed E-state index contributed by atoms with van der Waals surface area (Å²) in [7, 11) is 1.66. The van der Waals surface area contributed by atoms with E-state index in [1.807, 2.05) is 13.8 Å². The number of carbonyl (C=O) groups is 1. The van der Waals surface area contributed by atoms with Gasteiger partial charge < -0.3 is 19.9 Å². The number of carbonyl (C=O) groups excluding carboxylic acids is 1. The first kappa shape index (κ1) is 19.8. The topological polar surface area (TPSA) is 89.3 Å². The molecule has 0 radical (unpaired) electrons. The Morgan fingerprint density at radius 1 is 1.33 bits per heavy atom. The largest absolute Gasteiger partial charge is 0.383 e. The summed E-state index contributed by atoms with van der Waals surface area (Å²) in [4.78, 5) is 15.8. The second kappa shape index (κ2) is 11.5. The Balaban J connectivity index is 0.00000400. The summed E-state index contributed by atoms with van der Waals surface area (Å²) in [5, 5.41) is 9.84. The van der Waals surface area contributed by atoms with Gasteiger partial charge in [-0.2, -0.15) is 4.98 Å². The normalized spacial score (nSPS) is 10.5. The van der Waals surface area contributed by atoms with Gasteiger partial charge in [0.25, 0.3) is 0 Å². The highest BCUT2D eigenvalue weighted by Gasteiger charge is 2.10. The first-order valence-electron chi connectivity index (χ1n) is 6.92. The van der Waals surface area contributed by atoms with Crippen molar-refractivity contribution < 1.29 is 14.1 Å². The predicted octanol–water partition coefficient (Wildman–Crippen LogP) is 0.900. The van der Waals surface area contributed by atoms with Crippen molar-refractivity contribution >= 4 is 18.3 Å². The van der Waals surface area contributed by atoms with E-state index in [2.05, 4.69) is 20.8 Å². The fraction of sp³-hybridized carbons (Fsp3) is 0.769. The lowest BCUT2D eigenvalue weighted by molar-refractivity contribution is -0.121. The standard InChI is InChI=1S/C13H24N4O3.ClH/c1-10(2)13-16-12(20-17-13)5-4-11(18)15-7-6-14-8-9-19-3;/h10,14H,4-9H2,1-3H3,(H,15,18);1H. The third-order valence-corrected chi connectivity index (χ3v) is 2.67. The molecule has 1 aromatic rings. The van der Waals surface area contributed by atoms with Crippen LogP contribution < -0.4 is 10.6 Å². The fourth-order valence-electron chi connectivity index (χ4n) is 1.50. The zero-order valence-electron chi connectivity index (χ0n) is 12.8. The number of hydrogen-bond acceptors (Lipinski definition) is 6. The molecule has 8 heteroatoms. The van der Waals surface area contributed by atoms with Crippen molar-refractivity contribution in [3.05, 3.63) is 11.7 Å². The van der Waals surface area contributed by atoms with Gasteiger partial charge in [-0.15, -0.1) is 12.4 Å². The molecule has 7 nitrogen and oxygen atoms in total. The molecule has 0 aliphatic rings. The summed E-state index contributed by atoms with van der Waals surface area (Å²) >= 11 is 0. The van der Waals surface area contributed by atoms with E-state index in [0.717, 1.165) is 13.1 Å². The molecule has 1 aromatic heterocycles. The molecule has 0 aliphatic carbocycles. The summed E-state index contributed by atoms with van der Waals surface area (Å²) in [6, 6.07) is 0. The zero-order chi connectivity index (χ0) is 14.8. The molecule has 1 heterocycles. The molecule has 1 amide bonds. The number of amides is 1. The Labute approximate surface area is 131 Å². The molecule has 0 atom stereocenters. The van der Waals surface area contributed by atoms with Crippen LogP contribution in [0.2, 0.25) is 0 Å². The number of rotatable bonds is 10. The molecule has 0 unspecified atom stereocenters. The van der Waals surface area contributed by atoms with Crippen LogP contribution in [0.25, 0.3) is 0 Å². The maximum absolute atomic E-state index is 11.6. The maximum Gasteiger partial charge on any atom is 0.227 e. The van der Waals surface area contributed by atoms with Gasteiger partial charge >= 0.3 is 0 Å². The van der Waals surface area contributed by atoms with Gasteiger partial charge in [0.1, 0.15) is 0 Å². The van der Waals surface area contributed by atoms with Gasteiger partial charge in [0.15, 0.2) is 5.82 Å². The van der Waals surface area contributed by atoms with Crippen LogP contribution in [0.15, 0.2) is 4.52 Å². The lowest BCUT2D eigenvalue weighted by Crippen LogP contribution is -2.33. The summed E-state index contributed by atoms with van der Waals surface area (Å²) in [5.41, 5.74) is 0. The van der Waals surface area contributed by atoms with E-state index >= 15 is 0 Å². The molecule has 1 rings (SSSR count). The first-order valence-corrected chi connectivity index (χ1v) is 6.92. The van der Waals surface area contributed by atoms with Crippen LogP contribution in [0.3, 0.4) is 0 Å². The van der Waals surface area contributed by atoms with Crippen molar-refractivity contribution in [1.82, 2.24) is 20.8 Å². The second-order valence-electron chi connectivity index (χ2n) is 4.79. The minimum atomic E-state index is -0.0113. The van der Waals surface area contributed by atoms with Gasteiger partial charge in [-0.3, -0.25) is 4.79 Å². The Morgan fingerprint density at radius 3 is 2.71 bits per heavy atom. The monoisotopic (exact) mass is 320 g/mol. The highest BCUT2D eigenvalue weighted by atomic mass is 35.5. The van der Waals surface area contributed by atoms with E-state index < -0.39 is 0 Å². The number of nitrogens with one attached hydrogen (secondary N) is 2. The fourth-order valence-corrected chi connectivity index (χ4v) is 1.50. The van der Waals surface area contributed by atoms with E-state index in [1.165, 1.54) is 0 Å². The Hall–Kier alpha value is -1.18. The molecule has 0 aromatic carbocycles. The van der Waals surface area contributed by atoms with E-state index in [9.17, 15) is 4.79 Å². The molecule has 0 spiro atoms. The van der Waals surface area contributed by atoms with E-state index in [4.69, 9.17) is 9.26 Å². The number of ether oxygens (including phenoxy) is 1. The van der Waals surface area contributed by atoms with E-state index in [-0.39, 0.29) is 24.2 Å². The molecule has 0 aliphatic heterocycles. The third-order valence-electron chi connectivity index (χ3n) is 2.67. The lowest BCUT2D eigenvalue weighted by atomic mass is 10.2. The Morgan fingerprint density at radius 2 is 2.10 bits per heavy atom. The van der Waals surface area contributed by atoms with E-state index in [1.54, 1.807) is 7.11 Å². The number of aromatic nitrogens is 2. The molecule has 122 valence electrons. The molecule has 2 N–H and O–H groups in total. The number of halogens is 1. The molecule has 0 saturated heterocycles. The van der Waals surface area contributed by atoms with Crippen LogP contribution in [-0.2, 0) is 16.0 Å². The van der Waals surface area contributed by atoms with Crippen molar-refractivity contribution in [2.75, 3.05) is 33.4 Å². The smallest absolute Gasteiger partial charge is 0.227 e. The van der Waals surface area contributed by atoms with Gasteiger partial charge in [0.05, 0.1) is 6.61 Å². The van der Waals surface area contributed by atoms with Crippen LogP contribution in [-0.4, -0.2) is 49.4 Å². The zero-order valence-corrected chi connectivity index (χ0v) is 13.7. The van der Waals surface area contributed by atoms with Crippen molar-refractivity contribution in [3.63, 3.8) is 0 Å². The highest BCUT2D eigenvalue weighted by Crippen LogP contribution is 2.10. The van der Waals surface area contributed by atoms with Gasteiger partial charge in [-0.25, -0.2) is 0 Å². The SMILES string of the molecule is COCCNCCNC(=O)CCc1nc(C(C)C)no1.Cl. The second-order valence-corrected chi connectivity index (χ2v) is 4.79. The third kappa shape index (κ3) is 8.64. The molecule has 0 bridgehead atoms. The summed E-state index contributed by atoms with van der Waals surface area (Å²) < 4.78 is 9.98. The molecule has 21 heavy (non-hydrogen) atoms. The molecular weight excluding hydrogens is 296 g/mol. The molecular formula is C13H25ClN4O3. The number of hydrogen-bond donors (Lipinski definition) is 2.